The molecule has 1 aromatic carbocycles. The van der Waals surface area contributed by atoms with Crippen LogP contribution in [0, 0.1) is 5.92 Å². The zero-order valence-electron chi connectivity index (χ0n) is 16.4. The van der Waals surface area contributed by atoms with Gasteiger partial charge in [0.25, 0.3) is 5.91 Å². The summed E-state index contributed by atoms with van der Waals surface area (Å²) in [4.78, 5) is 41.8. The van der Waals surface area contributed by atoms with Gasteiger partial charge in [-0.3, -0.25) is 19.7 Å². The van der Waals surface area contributed by atoms with E-state index in [1.165, 1.54) is 16.2 Å². The van der Waals surface area contributed by atoms with E-state index in [2.05, 4.69) is 29.4 Å². The second-order valence-corrected chi connectivity index (χ2v) is 8.81. The third kappa shape index (κ3) is 3.87. The van der Waals surface area contributed by atoms with E-state index < -0.39 is 6.04 Å². The summed E-state index contributed by atoms with van der Waals surface area (Å²) in [7, 11) is 0. The molecule has 2 aliphatic heterocycles. The number of para-hydroxylation sites is 1. The van der Waals surface area contributed by atoms with Crippen molar-refractivity contribution in [2.24, 2.45) is 5.92 Å². The second kappa shape index (κ2) is 7.90. The van der Waals surface area contributed by atoms with Crippen LogP contribution in [0.25, 0.3) is 0 Å². The number of benzene rings is 1. The Hall–Kier alpha value is -2.81. The molecule has 1 fully saturated rings. The molecule has 152 valence electrons. The van der Waals surface area contributed by atoms with Gasteiger partial charge in [0.05, 0.1) is 11.3 Å². The van der Waals surface area contributed by atoms with Crippen LogP contribution in [-0.2, 0) is 16.0 Å². The van der Waals surface area contributed by atoms with Crippen molar-refractivity contribution >= 4 is 39.9 Å². The number of aromatic nitrogens is 2. The molecule has 4 rings (SSSR count). The number of nitrogens with zero attached hydrogens (tertiary/aromatic N) is 4. The number of anilines is 2. The number of hydrogen-bond donors (Lipinski definition) is 1. The van der Waals surface area contributed by atoms with E-state index in [0.717, 1.165) is 17.8 Å². The van der Waals surface area contributed by atoms with Gasteiger partial charge >= 0.3 is 0 Å². The molecular weight excluding hydrogens is 390 g/mol. The molecule has 8 nitrogen and oxygen atoms in total. The van der Waals surface area contributed by atoms with Gasteiger partial charge in [0.1, 0.15) is 17.6 Å². The first-order chi connectivity index (χ1) is 13.9. The summed E-state index contributed by atoms with van der Waals surface area (Å²) in [6.45, 7) is 4.57. The molecule has 1 N–H and O–H groups in total. The van der Waals surface area contributed by atoms with Gasteiger partial charge in [-0.1, -0.05) is 37.3 Å². The highest BCUT2D eigenvalue weighted by molar-refractivity contribution is 7.15. The maximum atomic E-state index is 13.2. The zero-order valence-corrected chi connectivity index (χ0v) is 17.2. The molecule has 9 heteroatoms. The van der Waals surface area contributed by atoms with Crippen molar-refractivity contribution in [1.82, 2.24) is 15.1 Å². The largest absolute Gasteiger partial charge is 0.327 e. The fraction of sp³-hybridized carbons (Fsp3) is 0.450. The lowest BCUT2D eigenvalue weighted by Crippen LogP contribution is -2.47. The van der Waals surface area contributed by atoms with Crippen molar-refractivity contribution in [3.8, 4) is 0 Å². The third-order valence-electron chi connectivity index (χ3n) is 5.09. The van der Waals surface area contributed by atoms with Crippen LogP contribution in [0.1, 0.15) is 42.1 Å². The molecule has 0 spiro atoms. The molecule has 2 aromatic rings. The van der Waals surface area contributed by atoms with Crippen LogP contribution in [-0.4, -0.2) is 52.0 Å². The molecule has 0 bridgehead atoms. The van der Waals surface area contributed by atoms with Crippen LogP contribution in [0.2, 0.25) is 0 Å². The van der Waals surface area contributed by atoms with Crippen LogP contribution in [0.3, 0.4) is 0 Å². The van der Waals surface area contributed by atoms with Gasteiger partial charge in [-0.2, -0.15) is 0 Å². The van der Waals surface area contributed by atoms with E-state index in [9.17, 15) is 14.4 Å². The van der Waals surface area contributed by atoms with Crippen LogP contribution in [0.4, 0.5) is 10.8 Å². The number of carbonyl (C=O) groups is 3. The second-order valence-electron chi connectivity index (χ2n) is 7.75. The normalized spacial score (nSPS) is 18.7. The Kier molecular flexibility index (Phi) is 5.31. The molecular formula is C20H23N5O3S. The van der Waals surface area contributed by atoms with Crippen molar-refractivity contribution in [3.63, 3.8) is 0 Å². The van der Waals surface area contributed by atoms with Gasteiger partial charge in [-0.15, -0.1) is 10.2 Å². The highest BCUT2D eigenvalue weighted by Crippen LogP contribution is 2.32. The fourth-order valence-electron chi connectivity index (χ4n) is 3.81. The minimum Gasteiger partial charge on any atom is -0.327 e. The SMILES string of the molecule is CC(C)Cc1nnc(NC(=O)CN2C(=O)C3CCCN3C(=O)c3ccccc32)s1. The highest BCUT2D eigenvalue weighted by Gasteiger charge is 2.42. The maximum absolute atomic E-state index is 13.2. The summed E-state index contributed by atoms with van der Waals surface area (Å²) in [5.74, 6) is -0.278. The zero-order chi connectivity index (χ0) is 20.5. The van der Waals surface area contributed by atoms with Gasteiger partial charge in [0.15, 0.2) is 0 Å². The average molecular weight is 414 g/mol. The van der Waals surface area contributed by atoms with Crippen LogP contribution < -0.4 is 10.2 Å². The van der Waals surface area contributed by atoms with Gasteiger partial charge in [0.2, 0.25) is 16.9 Å². The third-order valence-corrected chi connectivity index (χ3v) is 5.95. The summed E-state index contributed by atoms with van der Waals surface area (Å²) < 4.78 is 0. The molecule has 1 atom stereocenters. The molecule has 0 saturated carbocycles. The topological polar surface area (TPSA) is 95.5 Å². The first-order valence-electron chi connectivity index (χ1n) is 9.77. The number of nitrogens with one attached hydrogen (secondary N) is 1. The molecule has 0 aliphatic carbocycles. The summed E-state index contributed by atoms with van der Waals surface area (Å²) in [5.41, 5.74) is 0.929. The molecule has 0 radical (unpaired) electrons. The first kappa shape index (κ1) is 19.5. The lowest BCUT2D eigenvalue weighted by Gasteiger charge is -2.25. The van der Waals surface area contributed by atoms with Gasteiger partial charge in [0, 0.05) is 13.0 Å². The fourth-order valence-corrected chi connectivity index (χ4v) is 4.78. The Bertz CT molecular complexity index is 957. The van der Waals surface area contributed by atoms with Gasteiger partial charge in [-0.25, -0.2) is 0 Å². The molecule has 1 unspecified atom stereocenters. The summed E-state index contributed by atoms with van der Waals surface area (Å²) in [6.07, 6.45) is 2.20. The minimum absolute atomic E-state index is 0.151. The maximum Gasteiger partial charge on any atom is 0.256 e. The molecule has 3 amide bonds. The average Bonchev–Trinajstić information content (AvgIpc) is 3.32. The van der Waals surface area contributed by atoms with Crippen molar-refractivity contribution in [3.05, 3.63) is 34.8 Å². The van der Waals surface area contributed by atoms with Crippen LogP contribution in [0.5, 0.6) is 0 Å². The highest BCUT2D eigenvalue weighted by atomic mass is 32.1. The van der Waals surface area contributed by atoms with E-state index in [0.29, 0.717) is 35.3 Å². The van der Waals surface area contributed by atoms with Gasteiger partial charge in [-0.05, 0) is 30.9 Å². The molecule has 3 heterocycles. The predicted octanol–water partition coefficient (Wildman–Crippen LogP) is 2.33. The smallest absolute Gasteiger partial charge is 0.256 e. The van der Waals surface area contributed by atoms with E-state index >= 15 is 0 Å². The lowest BCUT2D eigenvalue weighted by atomic mass is 10.1. The summed E-state index contributed by atoms with van der Waals surface area (Å²) in [5, 5.41) is 12.1. The number of fused-ring (bicyclic) bond motifs is 2. The monoisotopic (exact) mass is 413 g/mol. The van der Waals surface area contributed by atoms with Crippen molar-refractivity contribution < 1.29 is 14.4 Å². The van der Waals surface area contributed by atoms with E-state index in [1.807, 2.05) is 0 Å². The van der Waals surface area contributed by atoms with Crippen molar-refractivity contribution in [2.75, 3.05) is 23.3 Å². The predicted molar refractivity (Wildman–Crippen MR) is 110 cm³/mol. The molecule has 29 heavy (non-hydrogen) atoms. The van der Waals surface area contributed by atoms with Crippen LogP contribution in [0.15, 0.2) is 24.3 Å². The molecule has 1 saturated heterocycles. The number of amides is 3. The lowest BCUT2D eigenvalue weighted by molar-refractivity contribution is -0.124. The summed E-state index contributed by atoms with van der Waals surface area (Å²) in [6, 6.07) is 6.45. The number of hydrogen-bond acceptors (Lipinski definition) is 6. The molecule has 1 aromatic heterocycles. The Morgan fingerprint density at radius 2 is 2.07 bits per heavy atom. The van der Waals surface area contributed by atoms with Crippen molar-refractivity contribution in [1.29, 1.82) is 0 Å². The van der Waals surface area contributed by atoms with Crippen LogP contribution >= 0.6 is 11.3 Å². The standard InChI is InChI=1S/C20H23N5O3S/c1-12(2)10-17-22-23-20(29-17)21-16(26)11-25-14-7-4-3-6-13(14)18(27)24-9-5-8-15(24)19(25)28/h3-4,6-7,12,15H,5,8-11H2,1-2H3,(H,21,23,26). The Morgan fingerprint density at radius 3 is 2.86 bits per heavy atom. The Balaban J connectivity index is 1.55. The Labute approximate surface area is 172 Å². The van der Waals surface area contributed by atoms with Crippen molar-refractivity contribution in [2.45, 2.75) is 39.2 Å². The first-order valence-corrected chi connectivity index (χ1v) is 10.6. The minimum atomic E-state index is -0.512. The van der Waals surface area contributed by atoms with E-state index in [4.69, 9.17) is 0 Å². The molecule has 2 aliphatic rings. The Morgan fingerprint density at radius 1 is 1.28 bits per heavy atom. The van der Waals surface area contributed by atoms with E-state index in [-0.39, 0.29) is 24.3 Å². The van der Waals surface area contributed by atoms with E-state index in [1.54, 1.807) is 29.2 Å². The quantitative estimate of drug-likeness (QED) is 0.812. The summed E-state index contributed by atoms with van der Waals surface area (Å²) >= 11 is 1.34. The van der Waals surface area contributed by atoms with Gasteiger partial charge < -0.3 is 9.80 Å². The number of carbonyl (C=O) groups excluding carboxylic acids is 3. The number of rotatable bonds is 5.